The molecule has 114 valence electrons. The van der Waals surface area contributed by atoms with Gasteiger partial charge in [0, 0.05) is 12.1 Å². The Bertz CT molecular complexity index is 597. The molecule has 0 spiro atoms. The van der Waals surface area contributed by atoms with Gasteiger partial charge in [0.05, 0.1) is 12.4 Å². The van der Waals surface area contributed by atoms with Crippen molar-refractivity contribution >= 4 is 10.0 Å². The molecule has 2 atom stereocenters. The highest BCUT2D eigenvalue weighted by molar-refractivity contribution is 7.89. The summed E-state index contributed by atoms with van der Waals surface area (Å²) >= 11 is 0. The predicted octanol–water partition coefficient (Wildman–Crippen LogP) is 2.58. The summed E-state index contributed by atoms with van der Waals surface area (Å²) in [6.45, 7) is 0.433. The van der Waals surface area contributed by atoms with Gasteiger partial charge >= 0.3 is 0 Å². The van der Waals surface area contributed by atoms with Crippen molar-refractivity contribution in [3.05, 3.63) is 42.5 Å². The monoisotopic (exact) mass is 307 g/mol. The fraction of sp³-hybridized carbons (Fsp3) is 0.500. The van der Waals surface area contributed by atoms with E-state index in [2.05, 4.69) is 6.08 Å². The molecule has 0 amide bonds. The van der Waals surface area contributed by atoms with Crippen molar-refractivity contribution in [2.24, 2.45) is 0 Å². The molecule has 21 heavy (non-hydrogen) atoms. The number of fused-ring (bicyclic) bond motifs is 2. The van der Waals surface area contributed by atoms with E-state index in [0.717, 1.165) is 25.0 Å². The van der Waals surface area contributed by atoms with E-state index in [1.54, 1.807) is 4.31 Å². The Hall–Kier alpha value is -1.33. The summed E-state index contributed by atoms with van der Waals surface area (Å²) in [5.74, 6) is 0.955. The predicted molar refractivity (Wildman–Crippen MR) is 82.7 cm³/mol. The van der Waals surface area contributed by atoms with Crippen LogP contribution in [0.2, 0.25) is 0 Å². The van der Waals surface area contributed by atoms with Crippen LogP contribution in [0.15, 0.2) is 42.5 Å². The van der Waals surface area contributed by atoms with E-state index in [4.69, 9.17) is 4.74 Å². The summed E-state index contributed by atoms with van der Waals surface area (Å²) in [5.41, 5.74) is 0. The average Bonchev–Trinajstić information content (AvgIpc) is 2.76. The molecule has 1 aromatic carbocycles. The molecule has 0 N–H and O–H groups in total. The highest BCUT2D eigenvalue weighted by Crippen LogP contribution is 2.34. The molecule has 2 unspecified atom stereocenters. The third-order valence-electron chi connectivity index (χ3n) is 4.13. The van der Waals surface area contributed by atoms with Crippen LogP contribution >= 0.6 is 0 Å². The second kappa shape index (κ2) is 6.20. The largest absolute Gasteiger partial charge is 0.494 e. The first kappa shape index (κ1) is 14.6. The highest BCUT2D eigenvalue weighted by Gasteiger charge is 2.41. The third kappa shape index (κ3) is 3.30. The van der Waals surface area contributed by atoms with Crippen LogP contribution < -0.4 is 4.74 Å². The molecule has 0 radical (unpaired) electrons. The lowest BCUT2D eigenvalue weighted by molar-refractivity contribution is 0.311. The van der Waals surface area contributed by atoms with Crippen molar-refractivity contribution in [1.82, 2.24) is 4.31 Å². The fourth-order valence-electron chi connectivity index (χ4n) is 3.17. The van der Waals surface area contributed by atoms with Gasteiger partial charge in [-0.05, 0) is 37.8 Å². The maximum absolute atomic E-state index is 12.5. The second-order valence-electron chi connectivity index (χ2n) is 5.62. The Morgan fingerprint density at radius 2 is 2.00 bits per heavy atom. The van der Waals surface area contributed by atoms with E-state index in [-0.39, 0.29) is 17.8 Å². The van der Waals surface area contributed by atoms with E-state index in [9.17, 15) is 8.42 Å². The number of nitrogens with zero attached hydrogens (tertiary/aromatic N) is 1. The second-order valence-corrected chi connectivity index (χ2v) is 7.62. The van der Waals surface area contributed by atoms with Gasteiger partial charge in [-0.1, -0.05) is 30.4 Å². The summed E-state index contributed by atoms with van der Waals surface area (Å²) in [6.07, 6.45) is 7.49. The topological polar surface area (TPSA) is 46.6 Å². The SMILES string of the molecule is O=S(=O)(CCCOc1ccccc1)N1C2C=CCC1CC2. The molecule has 0 aliphatic carbocycles. The average molecular weight is 307 g/mol. The lowest BCUT2D eigenvalue weighted by Crippen LogP contribution is -2.43. The zero-order valence-corrected chi connectivity index (χ0v) is 12.8. The number of sulfonamides is 1. The maximum atomic E-state index is 12.5. The van der Waals surface area contributed by atoms with Gasteiger partial charge in [0.25, 0.3) is 0 Å². The van der Waals surface area contributed by atoms with E-state index >= 15 is 0 Å². The van der Waals surface area contributed by atoms with Gasteiger partial charge in [-0.15, -0.1) is 0 Å². The first-order valence-corrected chi connectivity index (χ1v) is 9.13. The molecule has 2 heterocycles. The van der Waals surface area contributed by atoms with E-state index < -0.39 is 10.0 Å². The van der Waals surface area contributed by atoms with Crippen molar-refractivity contribution in [3.63, 3.8) is 0 Å². The molecule has 0 aromatic heterocycles. The highest BCUT2D eigenvalue weighted by atomic mass is 32.2. The van der Waals surface area contributed by atoms with Crippen molar-refractivity contribution in [2.45, 2.75) is 37.8 Å². The minimum Gasteiger partial charge on any atom is -0.494 e. The van der Waals surface area contributed by atoms with Crippen LogP contribution in [0.4, 0.5) is 0 Å². The summed E-state index contributed by atoms with van der Waals surface area (Å²) in [7, 11) is -3.17. The Morgan fingerprint density at radius 3 is 2.76 bits per heavy atom. The molecule has 1 fully saturated rings. The lowest BCUT2D eigenvalue weighted by atomic mass is 10.2. The number of benzene rings is 1. The smallest absolute Gasteiger partial charge is 0.215 e. The van der Waals surface area contributed by atoms with Gasteiger partial charge in [-0.2, -0.15) is 4.31 Å². The fourth-order valence-corrected chi connectivity index (χ4v) is 5.10. The Labute approximate surface area is 126 Å². The van der Waals surface area contributed by atoms with Crippen molar-refractivity contribution in [1.29, 1.82) is 0 Å². The van der Waals surface area contributed by atoms with Crippen LogP contribution in [0, 0.1) is 0 Å². The van der Waals surface area contributed by atoms with Crippen LogP contribution in [-0.2, 0) is 10.0 Å². The van der Waals surface area contributed by atoms with Crippen LogP contribution in [0.5, 0.6) is 5.75 Å². The van der Waals surface area contributed by atoms with Crippen LogP contribution in [0.3, 0.4) is 0 Å². The molecular weight excluding hydrogens is 286 g/mol. The van der Waals surface area contributed by atoms with E-state index in [0.29, 0.717) is 13.0 Å². The first-order chi connectivity index (χ1) is 10.2. The first-order valence-electron chi connectivity index (χ1n) is 7.52. The summed E-state index contributed by atoms with van der Waals surface area (Å²) < 4.78 is 32.3. The van der Waals surface area contributed by atoms with Gasteiger partial charge in [0.2, 0.25) is 10.0 Å². The van der Waals surface area contributed by atoms with Crippen molar-refractivity contribution < 1.29 is 13.2 Å². The molecule has 1 aromatic rings. The minimum atomic E-state index is -3.17. The van der Waals surface area contributed by atoms with Crippen LogP contribution in [-0.4, -0.2) is 37.2 Å². The molecule has 2 aliphatic heterocycles. The summed E-state index contributed by atoms with van der Waals surface area (Å²) in [5, 5.41) is 0. The van der Waals surface area contributed by atoms with Gasteiger partial charge in [-0.3, -0.25) is 0 Å². The van der Waals surface area contributed by atoms with Crippen LogP contribution in [0.25, 0.3) is 0 Å². The molecule has 5 heteroatoms. The molecule has 2 bridgehead atoms. The van der Waals surface area contributed by atoms with E-state index in [1.807, 2.05) is 36.4 Å². The van der Waals surface area contributed by atoms with Gasteiger partial charge in [0.15, 0.2) is 0 Å². The molecule has 0 saturated carbocycles. The number of ether oxygens (including phenoxy) is 1. The third-order valence-corrected chi connectivity index (χ3v) is 6.14. The number of hydrogen-bond acceptors (Lipinski definition) is 3. The zero-order valence-electron chi connectivity index (χ0n) is 12.0. The number of hydrogen-bond donors (Lipinski definition) is 0. The van der Waals surface area contributed by atoms with Crippen molar-refractivity contribution in [3.8, 4) is 5.75 Å². The summed E-state index contributed by atoms with van der Waals surface area (Å²) in [4.78, 5) is 0. The molecule has 2 aliphatic rings. The number of para-hydroxylation sites is 1. The van der Waals surface area contributed by atoms with Crippen molar-refractivity contribution in [2.75, 3.05) is 12.4 Å². The van der Waals surface area contributed by atoms with Gasteiger partial charge in [-0.25, -0.2) is 8.42 Å². The number of rotatable bonds is 6. The normalized spacial score (nSPS) is 25.1. The molecular formula is C16H21NO3S. The Balaban J connectivity index is 1.52. The van der Waals surface area contributed by atoms with Crippen LogP contribution in [0.1, 0.15) is 25.7 Å². The van der Waals surface area contributed by atoms with E-state index in [1.165, 1.54) is 0 Å². The lowest BCUT2D eigenvalue weighted by Gasteiger charge is -2.30. The Kier molecular flexibility index (Phi) is 4.31. The Morgan fingerprint density at radius 1 is 1.19 bits per heavy atom. The quantitative estimate of drug-likeness (QED) is 0.599. The maximum Gasteiger partial charge on any atom is 0.215 e. The van der Waals surface area contributed by atoms with Gasteiger partial charge in [0.1, 0.15) is 5.75 Å². The standard InChI is InChI=1S/C16H21NO3S/c18-21(19,17-14-6-4-7-15(17)11-10-14)13-5-12-20-16-8-2-1-3-9-16/h1-4,6,8-9,14-15H,5,7,10-13H2. The molecule has 4 nitrogen and oxygen atoms in total. The summed E-state index contributed by atoms with van der Waals surface area (Å²) in [6, 6.07) is 9.77. The van der Waals surface area contributed by atoms with Gasteiger partial charge < -0.3 is 4.74 Å². The zero-order chi connectivity index (χ0) is 14.7. The molecule has 3 rings (SSSR count). The molecule has 1 saturated heterocycles. The minimum absolute atomic E-state index is 0.0868.